The second kappa shape index (κ2) is 22.4. The number of Topliss-reactive ketones (excluding diaryl/α,β-unsaturated/α-hetero) is 1. The minimum atomic E-state index is -2.28. The lowest BCUT2D eigenvalue weighted by molar-refractivity contribution is -0.292. The number of ketones is 1. The van der Waals surface area contributed by atoms with Gasteiger partial charge in [0.2, 0.25) is 0 Å². The molecule has 2 unspecified atom stereocenters. The molecule has 9 fully saturated rings. The Morgan fingerprint density at radius 3 is 2.16 bits per heavy atom. The Morgan fingerprint density at radius 2 is 1.45 bits per heavy atom. The summed E-state index contributed by atoms with van der Waals surface area (Å²) < 4.78 is 75.6. The molecule has 10 rings (SSSR count). The van der Waals surface area contributed by atoms with Crippen LogP contribution in [0.4, 0.5) is 0 Å². The van der Waals surface area contributed by atoms with Crippen LogP contribution in [0.5, 0.6) is 0 Å². The topological polar surface area (TPSA) is 156 Å². The molecular formula is C59H92O14Si2. The van der Waals surface area contributed by atoms with Crippen molar-refractivity contribution in [2.24, 2.45) is 11.8 Å². The molecule has 16 heteroatoms. The third kappa shape index (κ3) is 12.4. The van der Waals surface area contributed by atoms with Crippen molar-refractivity contribution in [2.45, 2.75) is 272 Å². The fraction of sp³-hybridized carbons (Fsp3) is 0.797. The van der Waals surface area contributed by atoms with Crippen LogP contribution in [0.3, 0.4) is 0 Å². The summed E-state index contributed by atoms with van der Waals surface area (Å²) in [6.07, 6.45) is 0.0300. The van der Waals surface area contributed by atoms with E-state index in [0.717, 1.165) is 12.0 Å². The molecule has 420 valence electrons. The van der Waals surface area contributed by atoms with Crippen LogP contribution >= 0.6 is 0 Å². The summed E-state index contributed by atoms with van der Waals surface area (Å²) in [6.45, 7) is 34.3. The molecule has 1 spiro atoms. The predicted molar refractivity (Wildman–Crippen MR) is 289 cm³/mol. The molecule has 75 heavy (non-hydrogen) atoms. The zero-order chi connectivity index (χ0) is 54.0. The van der Waals surface area contributed by atoms with E-state index in [4.69, 9.17) is 51.5 Å². The molecule has 19 atom stereocenters. The SMILES string of the molecule is C=C1C[C@@H](OC(=O)c2ccccc2)CC[C@@]23C[C@H]4O[C@H]5[C@@H](O2)[C@H]2OC(CC[C@@H]2O[C@H]5[C@H]4O3)CC(=O)CC2[C@H](C[C@H]3O[C@@H](CC[C@H]1O)C[C@@H](C)C3=C)O[C@H](C[C@@H](CO[Si](C)(C)C(C)(C)C)O[Si](C)(C)C(C)(C)C)[C@@H]2OC. The second-order valence-corrected chi connectivity index (χ2v) is 36.3. The Morgan fingerprint density at radius 1 is 0.773 bits per heavy atom. The molecule has 0 saturated carbocycles. The summed E-state index contributed by atoms with van der Waals surface area (Å²) in [5.74, 6) is -1.52. The Bertz CT molecular complexity index is 2190. The van der Waals surface area contributed by atoms with Gasteiger partial charge >= 0.3 is 5.97 Å². The number of fused-ring (bicyclic) bond motifs is 4. The number of ether oxygens (including phenoxy) is 9. The van der Waals surface area contributed by atoms with Crippen molar-refractivity contribution < 1.29 is 66.2 Å². The van der Waals surface area contributed by atoms with Gasteiger partial charge in [-0.1, -0.05) is 79.8 Å². The van der Waals surface area contributed by atoms with Gasteiger partial charge in [0.15, 0.2) is 22.4 Å². The number of esters is 1. The lowest BCUT2D eigenvalue weighted by atomic mass is 9.81. The average molecular weight is 1080 g/mol. The molecule has 9 aliphatic rings. The average Bonchev–Trinajstić information content (AvgIpc) is 3.90. The molecule has 0 amide bonds. The van der Waals surface area contributed by atoms with Crippen molar-refractivity contribution >= 4 is 28.4 Å². The zero-order valence-electron chi connectivity index (χ0n) is 47.3. The molecule has 1 aromatic carbocycles. The highest BCUT2D eigenvalue weighted by Crippen LogP contribution is 2.54. The number of hydrogen-bond acceptors (Lipinski definition) is 14. The van der Waals surface area contributed by atoms with E-state index in [2.05, 4.69) is 87.8 Å². The van der Waals surface area contributed by atoms with Crippen LogP contribution in [-0.4, -0.2) is 151 Å². The second-order valence-electron chi connectivity index (χ2n) is 26.8. The molecule has 10 bridgehead atoms. The van der Waals surface area contributed by atoms with Crippen molar-refractivity contribution in [1.29, 1.82) is 0 Å². The summed E-state index contributed by atoms with van der Waals surface area (Å²) >= 11 is 0. The monoisotopic (exact) mass is 1080 g/mol. The van der Waals surface area contributed by atoms with Gasteiger partial charge in [0.25, 0.3) is 0 Å². The first-order chi connectivity index (χ1) is 35.2. The van der Waals surface area contributed by atoms with E-state index in [1.54, 1.807) is 19.2 Å². The van der Waals surface area contributed by atoms with E-state index in [-0.39, 0.29) is 114 Å². The Kier molecular flexibility index (Phi) is 17.2. The highest BCUT2D eigenvalue weighted by Gasteiger charge is 2.69. The van der Waals surface area contributed by atoms with Gasteiger partial charge in [-0.05, 0) is 104 Å². The van der Waals surface area contributed by atoms with Crippen LogP contribution in [0, 0.1) is 11.8 Å². The van der Waals surface area contributed by atoms with Crippen LogP contribution in [0.2, 0.25) is 36.3 Å². The van der Waals surface area contributed by atoms with Crippen LogP contribution in [0.1, 0.15) is 142 Å². The van der Waals surface area contributed by atoms with E-state index in [0.29, 0.717) is 75.5 Å². The van der Waals surface area contributed by atoms with Crippen LogP contribution in [0.15, 0.2) is 54.6 Å². The first kappa shape index (κ1) is 57.5. The number of benzene rings is 1. The smallest absolute Gasteiger partial charge is 0.338 e. The first-order valence-corrected chi connectivity index (χ1v) is 34.3. The van der Waals surface area contributed by atoms with Gasteiger partial charge in [0.05, 0.1) is 73.2 Å². The van der Waals surface area contributed by atoms with Gasteiger partial charge in [0.1, 0.15) is 42.4 Å². The van der Waals surface area contributed by atoms with Gasteiger partial charge in [0, 0.05) is 58.0 Å². The number of carbonyl (C=O) groups is 2. The van der Waals surface area contributed by atoms with Crippen molar-refractivity contribution in [3.05, 3.63) is 60.2 Å². The Labute approximate surface area is 450 Å². The van der Waals surface area contributed by atoms with Gasteiger partial charge < -0.3 is 56.6 Å². The number of aliphatic hydroxyl groups excluding tert-OH is 1. The van der Waals surface area contributed by atoms with Crippen LogP contribution in [-0.2, 0) is 56.3 Å². The van der Waals surface area contributed by atoms with E-state index in [1.807, 2.05) is 18.2 Å². The predicted octanol–water partition coefficient (Wildman–Crippen LogP) is 10.3. The lowest BCUT2D eigenvalue weighted by Gasteiger charge is -2.47. The molecule has 14 nitrogen and oxygen atoms in total. The normalized spacial score (nSPS) is 40.4. The third-order valence-corrected chi connectivity index (χ3v) is 28.4. The van der Waals surface area contributed by atoms with E-state index in [1.165, 1.54) is 0 Å². The molecule has 0 radical (unpaired) electrons. The quantitative estimate of drug-likeness (QED) is 0.134. The van der Waals surface area contributed by atoms with Gasteiger partial charge in [-0.2, -0.15) is 0 Å². The van der Waals surface area contributed by atoms with Crippen LogP contribution < -0.4 is 0 Å². The number of hydrogen-bond donors (Lipinski definition) is 1. The van der Waals surface area contributed by atoms with Crippen LogP contribution in [0.25, 0.3) is 0 Å². The maximum Gasteiger partial charge on any atom is 0.338 e. The van der Waals surface area contributed by atoms with E-state index >= 15 is 0 Å². The minimum absolute atomic E-state index is 0.0201. The number of carbonyl (C=O) groups excluding carboxylic acids is 2. The summed E-state index contributed by atoms with van der Waals surface area (Å²) in [4.78, 5) is 28.4. The van der Waals surface area contributed by atoms with Crippen molar-refractivity contribution in [1.82, 2.24) is 0 Å². The van der Waals surface area contributed by atoms with Crippen molar-refractivity contribution in [2.75, 3.05) is 13.7 Å². The maximum absolute atomic E-state index is 14.8. The molecule has 0 aliphatic carbocycles. The summed E-state index contributed by atoms with van der Waals surface area (Å²) in [5, 5.41) is 11.8. The minimum Gasteiger partial charge on any atom is -0.458 e. The highest BCUT2D eigenvalue weighted by molar-refractivity contribution is 6.74. The molecule has 9 heterocycles. The zero-order valence-corrected chi connectivity index (χ0v) is 49.3. The molecule has 9 aliphatic heterocycles. The summed E-state index contributed by atoms with van der Waals surface area (Å²) in [6, 6.07) is 8.96. The van der Waals surface area contributed by atoms with Gasteiger partial charge in [-0.15, -0.1) is 0 Å². The Balaban J connectivity index is 1.00. The van der Waals surface area contributed by atoms with Crippen molar-refractivity contribution in [3.8, 4) is 0 Å². The molecule has 9 saturated heterocycles. The first-order valence-electron chi connectivity index (χ1n) is 28.5. The summed E-state index contributed by atoms with van der Waals surface area (Å²) in [5.41, 5.74) is 2.03. The van der Waals surface area contributed by atoms with E-state index < -0.39 is 58.9 Å². The summed E-state index contributed by atoms with van der Waals surface area (Å²) in [7, 11) is -2.69. The molecule has 0 aromatic heterocycles. The standard InChI is InChI=1S/C59H92O14Si2/c1-34-26-39-20-22-44(61)35(2)27-41(67-56(62)37-18-16-15-17-19-37)24-25-59-32-49-52(71-59)53-54(70-49)55(72-59)51-45(69-53)23-21-40(66-51)28-38(60)29-43-47(31-46(65-39)36(34)3)68-48(50(43)63-10)30-42(73-75(13,14)58(7,8)9)33-64-74(11,12)57(4,5)6/h15-19,34,39-55,61H,2-3,20-33H2,1,4-14H3/t34-,39+,40?,41+,42+,43?,44-,45+,46-,47+,48-,49-,50-,51+,52+,53+,54-,55+,59+/m1/s1. The maximum atomic E-state index is 14.8. The number of rotatable bonds is 10. The molecule has 1 aromatic rings. The Hall–Kier alpha value is -2.17. The fourth-order valence-corrected chi connectivity index (χ4v) is 15.2. The number of methoxy groups -OCH3 is 1. The van der Waals surface area contributed by atoms with E-state index in [9.17, 15) is 14.7 Å². The largest absolute Gasteiger partial charge is 0.458 e. The fourth-order valence-electron chi connectivity index (χ4n) is 12.8. The number of aliphatic hydroxyl groups is 1. The van der Waals surface area contributed by atoms with Crippen molar-refractivity contribution in [3.63, 3.8) is 0 Å². The highest BCUT2D eigenvalue weighted by atomic mass is 28.4. The van der Waals surface area contributed by atoms with Gasteiger partial charge in [-0.25, -0.2) is 4.79 Å². The van der Waals surface area contributed by atoms with Gasteiger partial charge in [-0.3, -0.25) is 4.79 Å². The molecular weight excluding hydrogens is 989 g/mol. The third-order valence-electron chi connectivity index (χ3n) is 19.4. The lowest BCUT2D eigenvalue weighted by Crippen LogP contribution is -2.61. The molecule has 1 N–H and O–H groups in total.